The molecule has 0 bridgehead atoms. The van der Waals surface area contributed by atoms with E-state index in [0.29, 0.717) is 21.5 Å². The number of likely N-dealkylation sites (tertiary alicyclic amines) is 1. The number of nitrogens with zero attached hydrogens (tertiary/aromatic N) is 1. The molecule has 1 N–H and O–H groups in total. The summed E-state index contributed by atoms with van der Waals surface area (Å²) in [5.41, 5.74) is 1.58. The van der Waals surface area contributed by atoms with Gasteiger partial charge in [0, 0.05) is 25.0 Å². The molecular weight excluding hydrogens is 295 g/mol. The standard InChI is InChI=1S/C12H12Cl2N2O.ClH/c1-16-4-7-6-2-3-8(13)11(14)10(6)12(17)15-9(7)5-16;/h2-3,7,9H,4-5H2,1H3,(H,15,17);1H/t7-,9+;/m1./s1. The van der Waals surface area contributed by atoms with Gasteiger partial charge in [0.15, 0.2) is 0 Å². The number of hydrogen-bond donors (Lipinski definition) is 1. The van der Waals surface area contributed by atoms with Crippen molar-refractivity contribution in [3.05, 3.63) is 33.3 Å². The van der Waals surface area contributed by atoms with Crippen molar-refractivity contribution in [2.24, 2.45) is 0 Å². The fraction of sp³-hybridized carbons (Fsp3) is 0.417. The Morgan fingerprint density at radius 2 is 2.06 bits per heavy atom. The third-order valence-electron chi connectivity index (χ3n) is 3.57. The highest BCUT2D eigenvalue weighted by Gasteiger charge is 2.40. The van der Waals surface area contributed by atoms with Gasteiger partial charge in [0.25, 0.3) is 5.91 Å². The normalized spacial score (nSPS) is 26.1. The van der Waals surface area contributed by atoms with Gasteiger partial charge in [-0.15, -0.1) is 12.4 Å². The SMILES string of the molecule is CN1C[C@@H]2NC(=O)c3c(ccc(Cl)c3Cl)[C@H]2C1.Cl. The Labute approximate surface area is 122 Å². The average molecular weight is 308 g/mol. The van der Waals surface area contributed by atoms with E-state index < -0.39 is 0 Å². The van der Waals surface area contributed by atoms with E-state index in [4.69, 9.17) is 23.2 Å². The summed E-state index contributed by atoms with van der Waals surface area (Å²) in [5.74, 6) is 0.214. The first-order valence-electron chi connectivity index (χ1n) is 5.55. The summed E-state index contributed by atoms with van der Waals surface area (Å²) in [5, 5.41) is 3.81. The number of carbonyl (C=O) groups excluding carboxylic acids is 1. The topological polar surface area (TPSA) is 32.3 Å². The molecular formula is C12H13Cl3N2O. The summed E-state index contributed by atoms with van der Waals surface area (Å²) >= 11 is 12.1. The van der Waals surface area contributed by atoms with Gasteiger partial charge >= 0.3 is 0 Å². The Balaban J connectivity index is 0.00000120. The van der Waals surface area contributed by atoms with Crippen LogP contribution in [0.3, 0.4) is 0 Å². The lowest BCUT2D eigenvalue weighted by molar-refractivity contribution is 0.0923. The van der Waals surface area contributed by atoms with Crippen molar-refractivity contribution in [3.8, 4) is 0 Å². The molecule has 2 aliphatic rings. The van der Waals surface area contributed by atoms with Crippen LogP contribution in [-0.4, -0.2) is 37.0 Å². The van der Waals surface area contributed by atoms with Crippen LogP contribution in [0.15, 0.2) is 12.1 Å². The molecule has 18 heavy (non-hydrogen) atoms. The molecule has 0 aromatic heterocycles. The smallest absolute Gasteiger partial charge is 0.253 e. The molecule has 2 heterocycles. The highest BCUT2D eigenvalue weighted by Crippen LogP contribution is 2.38. The van der Waals surface area contributed by atoms with Gasteiger partial charge in [-0.25, -0.2) is 0 Å². The number of amides is 1. The molecule has 2 aliphatic heterocycles. The number of rotatable bonds is 0. The summed E-state index contributed by atoms with van der Waals surface area (Å²) in [6.45, 7) is 1.83. The number of likely N-dealkylation sites (N-methyl/N-ethyl adjacent to an activating group) is 1. The molecule has 98 valence electrons. The number of carbonyl (C=O) groups is 1. The quantitative estimate of drug-likeness (QED) is 0.799. The molecule has 0 spiro atoms. The van der Waals surface area contributed by atoms with Crippen LogP contribution in [0, 0.1) is 0 Å². The highest BCUT2D eigenvalue weighted by molar-refractivity contribution is 6.44. The van der Waals surface area contributed by atoms with Crippen molar-refractivity contribution in [2.75, 3.05) is 20.1 Å². The first-order chi connectivity index (χ1) is 8.08. The molecule has 0 aliphatic carbocycles. The molecule has 0 saturated carbocycles. The number of halogens is 3. The zero-order valence-electron chi connectivity index (χ0n) is 9.74. The summed E-state index contributed by atoms with van der Waals surface area (Å²) < 4.78 is 0. The van der Waals surface area contributed by atoms with E-state index in [2.05, 4.69) is 17.3 Å². The number of nitrogens with one attached hydrogen (secondary N) is 1. The summed E-state index contributed by atoms with van der Waals surface area (Å²) in [6, 6.07) is 3.90. The van der Waals surface area contributed by atoms with Crippen LogP contribution in [0.1, 0.15) is 21.8 Å². The van der Waals surface area contributed by atoms with E-state index in [1.54, 1.807) is 6.07 Å². The van der Waals surface area contributed by atoms with Crippen LogP contribution in [-0.2, 0) is 0 Å². The van der Waals surface area contributed by atoms with E-state index in [-0.39, 0.29) is 24.4 Å². The summed E-state index contributed by atoms with van der Waals surface area (Å²) in [7, 11) is 2.06. The molecule has 1 saturated heterocycles. The molecule has 0 unspecified atom stereocenters. The molecule has 1 fully saturated rings. The Bertz CT molecular complexity index is 506. The number of fused-ring (bicyclic) bond motifs is 3. The Morgan fingerprint density at radius 3 is 2.78 bits per heavy atom. The summed E-state index contributed by atoms with van der Waals surface area (Å²) in [6.07, 6.45) is 0. The lowest BCUT2D eigenvalue weighted by Gasteiger charge is -2.28. The van der Waals surface area contributed by atoms with E-state index in [9.17, 15) is 4.79 Å². The van der Waals surface area contributed by atoms with Gasteiger partial charge in [0.05, 0.1) is 15.6 Å². The predicted molar refractivity (Wildman–Crippen MR) is 75.2 cm³/mol. The lowest BCUT2D eigenvalue weighted by Crippen LogP contribution is -2.44. The molecule has 2 atom stereocenters. The first-order valence-corrected chi connectivity index (χ1v) is 6.31. The maximum absolute atomic E-state index is 12.0. The second-order valence-corrected chi connectivity index (χ2v) is 5.52. The molecule has 3 nitrogen and oxygen atoms in total. The Kier molecular flexibility index (Phi) is 3.79. The Morgan fingerprint density at radius 1 is 1.33 bits per heavy atom. The van der Waals surface area contributed by atoms with Crippen molar-refractivity contribution in [3.63, 3.8) is 0 Å². The van der Waals surface area contributed by atoms with Gasteiger partial charge in [-0.2, -0.15) is 0 Å². The monoisotopic (exact) mass is 306 g/mol. The number of benzene rings is 1. The largest absolute Gasteiger partial charge is 0.347 e. The van der Waals surface area contributed by atoms with E-state index in [1.807, 2.05) is 6.07 Å². The van der Waals surface area contributed by atoms with E-state index in [0.717, 1.165) is 18.7 Å². The van der Waals surface area contributed by atoms with Crippen molar-refractivity contribution in [2.45, 2.75) is 12.0 Å². The van der Waals surface area contributed by atoms with Crippen molar-refractivity contribution in [1.29, 1.82) is 0 Å². The first kappa shape index (κ1) is 13.9. The van der Waals surface area contributed by atoms with Crippen LogP contribution >= 0.6 is 35.6 Å². The summed E-state index contributed by atoms with van der Waals surface area (Å²) in [4.78, 5) is 14.3. The van der Waals surface area contributed by atoms with Crippen LogP contribution < -0.4 is 5.32 Å². The van der Waals surface area contributed by atoms with Gasteiger partial charge in [0.1, 0.15) is 0 Å². The molecule has 6 heteroatoms. The zero-order valence-corrected chi connectivity index (χ0v) is 12.1. The molecule has 1 aromatic carbocycles. The maximum Gasteiger partial charge on any atom is 0.253 e. The fourth-order valence-corrected chi connectivity index (χ4v) is 3.22. The minimum absolute atomic E-state index is 0. The zero-order chi connectivity index (χ0) is 12.2. The van der Waals surface area contributed by atoms with Crippen LogP contribution in [0.4, 0.5) is 0 Å². The molecule has 1 aromatic rings. The van der Waals surface area contributed by atoms with Crippen molar-refractivity contribution < 1.29 is 4.79 Å². The second kappa shape index (κ2) is 4.89. The minimum Gasteiger partial charge on any atom is -0.347 e. The van der Waals surface area contributed by atoms with Gasteiger partial charge < -0.3 is 10.2 Å². The van der Waals surface area contributed by atoms with Gasteiger partial charge in [-0.3, -0.25) is 4.79 Å². The van der Waals surface area contributed by atoms with E-state index in [1.165, 1.54) is 0 Å². The fourth-order valence-electron chi connectivity index (χ4n) is 2.81. The predicted octanol–water partition coefficient (Wildman–Crippen LogP) is 2.56. The number of hydrogen-bond acceptors (Lipinski definition) is 2. The Hall–Kier alpha value is -0.480. The van der Waals surface area contributed by atoms with Crippen molar-refractivity contribution in [1.82, 2.24) is 10.2 Å². The minimum atomic E-state index is -0.107. The average Bonchev–Trinajstić information content (AvgIpc) is 2.63. The third kappa shape index (κ3) is 1.99. The molecule has 1 amide bonds. The highest BCUT2D eigenvalue weighted by atomic mass is 35.5. The van der Waals surface area contributed by atoms with Crippen LogP contribution in [0.25, 0.3) is 0 Å². The van der Waals surface area contributed by atoms with Crippen LogP contribution in [0.2, 0.25) is 10.0 Å². The maximum atomic E-state index is 12.0. The van der Waals surface area contributed by atoms with Gasteiger partial charge in [-0.05, 0) is 18.7 Å². The van der Waals surface area contributed by atoms with E-state index >= 15 is 0 Å². The molecule has 3 rings (SSSR count). The van der Waals surface area contributed by atoms with Gasteiger partial charge in [0.2, 0.25) is 0 Å². The lowest BCUT2D eigenvalue weighted by atomic mass is 9.86. The van der Waals surface area contributed by atoms with Gasteiger partial charge in [-0.1, -0.05) is 29.3 Å². The van der Waals surface area contributed by atoms with Crippen molar-refractivity contribution >= 4 is 41.5 Å². The molecule has 0 radical (unpaired) electrons. The van der Waals surface area contributed by atoms with Crippen LogP contribution in [0.5, 0.6) is 0 Å². The second-order valence-electron chi connectivity index (χ2n) is 4.73. The third-order valence-corrected chi connectivity index (χ3v) is 4.38.